The molecule has 0 spiro atoms. The third-order valence-corrected chi connectivity index (χ3v) is 4.52. The maximum atomic E-state index is 5.67. The molecule has 2 aromatic heterocycles. The average Bonchev–Trinajstić information content (AvgIpc) is 3.28. The summed E-state index contributed by atoms with van der Waals surface area (Å²) in [7, 11) is 0. The van der Waals surface area contributed by atoms with Crippen molar-refractivity contribution in [2.75, 3.05) is 5.75 Å². The summed E-state index contributed by atoms with van der Waals surface area (Å²) in [6.45, 7) is 3.29. The van der Waals surface area contributed by atoms with Crippen LogP contribution in [0.25, 0.3) is 0 Å². The number of ether oxygens (including phenoxy) is 1. The van der Waals surface area contributed by atoms with Crippen LogP contribution in [0.4, 0.5) is 0 Å². The van der Waals surface area contributed by atoms with Crippen molar-refractivity contribution in [2.45, 2.75) is 44.6 Å². The Morgan fingerprint density at radius 3 is 2.96 bits per heavy atom. The highest BCUT2D eigenvalue weighted by atomic mass is 32.2. The Kier molecular flexibility index (Phi) is 6.50. The van der Waals surface area contributed by atoms with Crippen LogP contribution in [0, 0.1) is 6.92 Å². The van der Waals surface area contributed by atoms with Gasteiger partial charge in [0.25, 0.3) is 11.1 Å². The van der Waals surface area contributed by atoms with Crippen molar-refractivity contribution in [3.8, 4) is 5.75 Å². The first-order valence-electron chi connectivity index (χ1n) is 8.42. The van der Waals surface area contributed by atoms with Crippen molar-refractivity contribution in [1.82, 2.24) is 20.0 Å². The summed E-state index contributed by atoms with van der Waals surface area (Å²) in [5, 5.41) is 12.9. The molecule has 7 heteroatoms. The lowest BCUT2D eigenvalue weighted by atomic mass is 10.2. The van der Waals surface area contributed by atoms with Gasteiger partial charge in [0.05, 0.1) is 0 Å². The SMILES string of the molecule is Cc1cccc(OCc2nnc(SCCCCCn3cccn3)o2)c1. The number of unbranched alkanes of at least 4 members (excludes halogenated alkanes) is 2. The Hall–Kier alpha value is -2.28. The van der Waals surface area contributed by atoms with Crippen LogP contribution in [0.2, 0.25) is 0 Å². The molecule has 0 aliphatic carbocycles. The highest BCUT2D eigenvalue weighted by molar-refractivity contribution is 7.99. The van der Waals surface area contributed by atoms with E-state index in [9.17, 15) is 0 Å². The van der Waals surface area contributed by atoms with Crippen LogP contribution in [-0.2, 0) is 13.2 Å². The summed E-state index contributed by atoms with van der Waals surface area (Å²) >= 11 is 1.60. The highest BCUT2D eigenvalue weighted by Crippen LogP contribution is 2.19. The number of aromatic nitrogens is 4. The highest BCUT2D eigenvalue weighted by Gasteiger charge is 2.07. The number of nitrogens with zero attached hydrogens (tertiary/aromatic N) is 4. The van der Waals surface area contributed by atoms with E-state index in [1.54, 1.807) is 11.8 Å². The summed E-state index contributed by atoms with van der Waals surface area (Å²) < 4.78 is 13.2. The quantitative estimate of drug-likeness (QED) is 0.401. The zero-order valence-electron chi connectivity index (χ0n) is 14.3. The van der Waals surface area contributed by atoms with Crippen LogP contribution in [0.5, 0.6) is 5.75 Å². The van der Waals surface area contributed by atoms with Gasteiger partial charge < -0.3 is 9.15 Å². The van der Waals surface area contributed by atoms with Gasteiger partial charge in [-0.25, -0.2) is 0 Å². The maximum Gasteiger partial charge on any atom is 0.276 e. The topological polar surface area (TPSA) is 66.0 Å². The van der Waals surface area contributed by atoms with E-state index in [1.165, 1.54) is 0 Å². The number of rotatable bonds is 10. The van der Waals surface area contributed by atoms with Crippen molar-refractivity contribution < 1.29 is 9.15 Å². The molecule has 0 bridgehead atoms. The second kappa shape index (κ2) is 9.27. The molecule has 0 aliphatic rings. The van der Waals surface area contributed by atoms with Gasteiger partial charge in [-0.2, -0.15) is 5.10 Å². The number of hydrogen-bond acceptors (Lipinski definition) is 6. The molecular weight excluding hydrogens is 336 g/mol. The molecule has 0 saturated carbocycles. The molecule has 0 saturated heterocycles. The average molecular weight is 358 g/mol. The van der Waals surface area contributed by atoms with Crippen molar-refractivity contribution in [1.29, 1.82) is 0 Å². The maximum absolute atomic E-state index is 5.67. The molecule has 6 nitrogen and oxygen atoms in total. The van der Waals surface area contributed by atoms with Gasteiger partial charge >= 0.3 is 0 Å². The van der Waals surface area contributed by atoms with Crippen LogP contribution in [-0.4, -0.2) is 25.7 Å². The van der Waals surface area contributed by atoms with Crippen molar-refractivity contribution in [3.05, 3.63) is 54.2 Å². The number of thioether (sulfide) groups is 1. The minimum atomic E-state index is 0.293. The van der Waals surface area contributed by atoms with E-state index in [0.29, 0.717) is 17.7 Å². The molecule has 0 atom stereocenters. The molecule has 2 heterocycles. The molecule has 1 aromatic carbocycles. The summed E-state index contributed by atoms with van der Waals surface area (Å²) in [5.74, 6) is 2.28. The summed E-state index contributed by atoms with van der Waals surface area (Å²) in [4.78, 5) is 0. The minimum Gasteiger partial charge on any atom is -0.484 e. The molecule has 3 rings (SSSR count). The Morgan fingerprint density at radius 2 is 2.12 bits per heavy atom. The molecule has 0 N–H and O–H groups in total. The van der Waals surface area contributed by atoms with Gasteiger partial charge in [-0.15, -0.1) is 10.2 Å². The molecular formula is C18H22N4O2S. The first-order chi connectivity index (χ1) is 12.3. The Morgan fingerprint density at radius 1 is 1.16 bits per heavy atom. The Labute approximate surface area is 151 Å². The van der Waals surface area contributed by atoms with Gasteiger partial charge in [0.1, 0.15) is 5.75 Å². The van der Waals surface area contributed by atoms with Crippen molar-refractivity contribution in [3.63, 3.8) is 0 Å². The number of hydrogen-bond donors (Lipinski definition) is 0. The summed E-state index contributed by atoms with van der Waals surface area (Å²) in [5.41, 5.74) is 1.16. The van der Waals surface area contributed by atoms with Gasteiger partial charge in [0, 0.05) is 24.7 Å². The van der Waals surface area contributed by atoms with E-state index in [-0.39, 0.29) is 0 Å². The zero-order valence-corrected chi connectivity index (χ0v) is 15.1. The number of benzene rings is 1. The van der Waals surface area contributed by atoms with Gasteiger partial charge in [-0.3, -0.25) is 4.68 Å². The fourth-order valence-corrected chi connectivity index (χ4v) is 3.13. The Bertz CT molecular complexity index is 758. The smallest absolute Gasteiger partial charge is 0.276 e. The van der Waals surface area contributed by atoms with Crippen molar-refractivity contribution in [2.24, 2.45) is 0 Å². The van der Waals surface area contributed by atoms with E-state index in [2.05, 4.69) is 15.3 Å². The van der Waals surface area contributed by atoms with E-state index >= 15 is 0 Å². The number of aryl methyl sites for hydroxylation is 2. The van der Waals surface area contributed by atoms with Crippen molar-refractivity contribution >= 4 is 11.8 Å². The van der Waals surface area contributed by atoms with Crippen LogP contribution in [0.1, 0.15) is 30.7 Å². The molecule has 0 radical (unpaired) electrons. The van der Waals surface area contributed by atoms with Crippen LogP contribution < -0.4 is 4.74 Å². The molecule has 0 fully saturated rings. The third-order valence-electron chi connectivity index (χ3n) is 3.62. The fraction of sp³-hybridized carbons (Fsp3) is 0.389. The monoisotopic (exact) mass is 358 g/mol. The van der Waals surface area contributed by atoms with Crippen LogP contribution in [0.15, 0.2) is 52.4 Å². The van der Waals surface area contributed by atoms with Gasteiger partial charge in [-0.1, -0.05) is 30.3 Å². The first-order valence-corrected chi connectivity index (χ1v) is 9.40. The second-order valence-corrected chi connectivity index (χ2v) is 6.79. The van der Waals surface area contributed by atoms with Gasteiger partial charge in [0.15, 0.2) is 6.61 Å². The van der Waals surface area contributed by atoms with E-state index in [1.807, 2.05) is 54.3 Å². The van der Waals surface area contributed by atoms with E-state index in [4.69, 9.17) is 9.15 Å². The molecule has 132 valence electrons. The standard InChI is InChI=1S/C18H22N4O2S/c1-15-7-5-8-16(13-15)23-14-17-20-21-18(24-17)25-12-4-2-3-10-22-11-6-9-19-22/h5-9,11,13H,2-4,10,12,14H2,1H3. The molecule has 3 aromatic rings. The molecule has 25 heavy (non-hydrogen) atoms. The fourth-order valence-electron chi connectivity index (χ4n) is 2.35. The first kappa shape index (κ1) is 17.5. The molecule has 0 amide bonds. The van der Waals surface area contributed by atoms with Gasteiger partial charge in [-0.05, 0) is 43.5 Å². The zero-order chi connectivity index (χ0) is 17.3. The van der Waals surface area contributed by atoms with E-state index in [0.717, 1.165) is 42.9 Å². The normalized spacial score (nSPS) is 10.9. The molecule has 0 unspecified atom stereocenters. The predicted octanol–water partition coefficient (Wildman–Crippen LogP) is 4.12. The summed E-state index contributed by atoms with van der Waals surface area (Å²) in [6.07, 6.45) is 7.20. The Balaban J connectivity index is 1.31. The third kappa shape index (κ3) is 5.94. The molecule has 0 aliphatic heterocycles. The van der Waals surface area contributed by atoms with Gasteiger partial charge in [0.2, 0.25) is 0 Å². The minimum absolute atomic E-state index is 0.293. The predicted molar refractivity (Wildman–Crippen MR) is 96.6 cm³/mol. The second-order valence-electron chi connectivity index (χ2n) is 5.75. The lowest BCUT2D eigenvalue weighted by Crippen LogP contribution is -1.98. The van der Waals surface area contributed by atoms with Crippen LogP contribution >= 0.6 is 11.8 Å². The lowest BCUT2D eigenvalue weighted by Gasteiger charge is -2.03. The lowest BCUT2D eigenvalue weighted by molar-refractivity contribution is 0.252. The van der Waals surface area contributed by atoms with Crippen LogP contribution in [0.3, 0.4) is 0 Å². The summed E-state index contributed by atoms with van der Waals surface area (Å²) in [6, 6.07) is 9.85. The van der Waals surface area contributed by atoms with E-state index < -0.39 is 0 Å². The largest absolute Gasteiger partial charge is 0.484 e.